The zero-order chi connectivity index (χ0) is 14.7. The number of amides is 1. The molecule has 5 nitrogen and oxygen atoms in total. The van der Waals surface area contributed by atoms with E-state index in [1.807, 2.05) is 36.1 Å². The number of hydrogen-bond acceptors (Lipinski definition) is 3. The molecule has 0 spiro atoms. The second-order valence-electron chi connectivity index (χ2n) is 5.32. The predicted octanol–water partition coefficient (Wildman–Crippen LogP) is 2.33. The van der Waals surface area contributed by atoms with Gasteiger partial charge in [-0.25, -0.2) is 0 Å². The van der Waals surface area contributed by atoms with Gasteiger partial charge < -0.3 is 9.64 Å². The molecule has 1 unspecified atom stereocenters. The van der Waals surface area contributed by atoms with Gasteiger partial charge in [0.05, 0.1) is 12.3 Å². The van der Waals surface area contributed by atoms with Crippen LogP contribution in [0.25, 0.3) is 11.1 Å². The molecule has 1 aliphatic rings. The van der Waals surface area contributed by atoms with Crippen molar-refractivity contribution < 1.29 is 9.53 Å². The van der Waals surface area contributed by atoms with E-state index in [0.29, 0.717) is 18.7 Å². The molecule has 5 heteroatoms. The number of hydrogen-bond donors (Lipinski definition) is 1. The highest BCUT2D eigenvalue weighted by Gasteiger charge is 2.23. The summed E-state index contributed by atoms with van der Waals surface area (Å²) in [7, 11) is 0. The maximum atomic E-state index is 12.9. The zero-order valence-corrected chi connectivity index (χ0v) is 12.1. The summed E-state index contributed by atoms with van der Waals surface area (Å²) < 4.78 is 5.61. The molecule has 0 bridgehead atoms. The SMILES string of the molecule is CC1CN(C(=O)c2ccccc2-c2cn[nH]c2)CCCO1. The highest BCUT2D eigenvalue weighted by molar-refractivity contribution is 6.00. The molecule has 1 aromatic carbocycles. The van der Waals surface area contributed by atoms with Crippen LogP contribution in [0.4, 0.5) is 0 Å². The third-order valence-electron chi connectivity index (χ3n) is 3.71. The van der Waals surface area contributed by atoms with Gasteiger partial charge in [-0.3, -0.25) is 9.89 Å². The molecule has 0 radical (unpaired) electrons. The summed E-state index contributed by atoms with van der Waals surface area (Å²) in [6, 6.07) is 7.67. The van der Waals surface area contributed by atoms with Crippen LogP contribution < -0.4 is 0 Å². The number of carbonyl (C=O) groups is 1. The molecule has 1 fully saturated rings. The Morgan fingerprint density at radius 3 is 3.10 bits per heavy atom. The Hall–Kier alpha value is -2.14. The van der Waals surface area contributed by atoms with Crippen molar-refractivity contribution in [2.75, 3.05) is 19.7 Å². The van der Waals surface area contributed by atoms with Gasteiger partial charge in [-0.2, -0.15) is 5.10 Å². The maximum Gasteiger partial charge on any atom is 0.254 e. The minimum Gasteiger partial charge on any atom is -0.377 e. The summed E-state index contributed by atoms with van der Waals surface area (Å²) in [5, 5.41) is 6.76. The van der Waals surface area contributed by atoms with Crippen LogP contribution in [0.3, 0.4) is 0 Å². The number of carbonyl (C=O) groups excluding carboxylic acids is 1. The van der Waals surface area contributed by atoms with Crippen LogP contribution in [0.15, 0.2) is 36.7 Å². The number of nitrogens with zero attached hydrogens (tertiary/aromatic N) is 2. The van der Waals surface area contributed by atoms with E-state index in [-0.39, 0.29) is 12.0 Å². The Morgan fingerprint density at radius 2 is 2.29 bits per heavy atom. The molecular weight excluding hydrogens is 266 g/mol. The van der Waals surface area contributed by atoms with E-state index in [0.717, 1.165) is 24.1 Å². The van der Waals surface area contributed by atoms with Crippen LogP contribution >= 0.6 is 0 Å². The van der Waals surface area contributed by atoms with Crippen LogP contribution in [0.5, 0.6) is 0 Å². The molecule has 1 N–H and O–H groups in total. The van der Waals surface area contributed by atoms with Gasteiger partial charge in [0.1, 0.15) is 0 Å². The molecule has 1 aromatic heterocycles. The number of aromatic amines is 1. The Balaban J connectivity index is 1.91. The molecule has 0 aliphatic carbocycles. The Morgan fingerprint density at radius 1 is 1.43 bits per heavy atom. The van der Waals surface area contributed by atoms with Crippen molar-refractivity contribution >= 4 is 5.91 Å². The third-order valence-corrected chi connectivity index (χ3v) is 3.71. The highest BCUT2D eigenvalue weighted by Crippen LogP contribution is 2.24. The Bertz CT molecular complexity index is 610. The van der Waals surface area contributed by atoms with Crippen molar-refractivity contribution in [3.05, 3.63) is 42.2 Å². The highest BCUT2D eigenvalue weighted by atomic mass is 16.5. The summed E-state index contributed by atoms with van der Waals surface area (Å²) in [6.45, 7) is 4.10. The van der Waals surface area contributed by atoms with Crippen molar-refractivity contribution in [1.82, 2.24) is 15.1 Å². The van der Waals surface area contributed by atoms with Crippen LogP contribution in [-0.2, 0) is 4.74 Å². The molecule has 1 saturated heterocycles. The topological polar surface area (TPSA) is 58.2 Å². The molecule has 1 aliphatic heterocycles. The van der Waals surface area contributed by atoms with Crippen molar-refractivity contribution in [1.29, 1.82) is 0 Å². The fourth-order valence-electron chi connectivity index (χ4n) is 2.67. The van der Waals surface area contributed by atoms with Crippen molar-refractivity contribution in [2.45, 2.75) is 19.4 Å². The van der Waals surface area contributed by atoms with Gasteiger partial charge in [0.25, 0.3) is 5.91 Å². The van der Waals surface area contributed by atoms with Crippen LogP contribution in [0.2, 0.25) is 0 Å². The van der Waals surface area contributed by atoms with Crippen molar-refractivity contribution in [3.8, 4) is 11.1 Å². The van der Waals surface area contributed by atoms with Gasteiger partial charge in [0.2, 0.25) is 0 Å². The first-order chi connectivity index (χ1) is 10.3. The number of rotatable bonds is 2. The second kappa shape index (κ2) is 6.10. The monoisotopic (exact) mass is 285 g/mol. The van der Waals surface area contributed by atoms with Crippen LogP contribution in [0, 0.1) is 0 Å². The van der Waals surface area contributed by atoms with E-state index < -0.39 is 0 Å². The van der Waals surface area contributed by atoms with E-state index >= 15 is 0 Å². The second-order valence-corrected chi connectivity index (χ2v) is 5.32. The van der Waals surface area contributed by atoms with E-state index in [1.165, 1.54) is 0 Å². The van der Waals surface area contributed by atoms with Gasteiger partial charge >= 0.3 is 0 Å². The standard InChI is InChI=1S/C16H19N3O2/c1-12-11-19(7-4-8-21-12)16(20)15-6-3-2-5-14(15)13-9-17-18-10-13/h2-3,5-6,9-10,12H,4,7-8,11H2,1H3,(H,17,18). The molecule has 1 amide bonds. The zero-order valence-electron chi connectivity index (χ0n) is 12.1. The number of nitrogens with one attached hydrogen (secondary N) is 1. The maximum absolute atomic E-state index is 12.9. The number of benzene rings is 1. The molecule has 0 saturated carbocycles. The average molecular weight is 285 g/mol. The first-order valence-corrected chi connectivity index (χ1v) is 7.25. The lowest BCUT2D eigenvalue weighted by Crippen LogP contribution is -2.36. The van der Waals surface area contributed by atoms with Gasteiger partial charge in [0, 0.05) is 37.0 Å². The fourth-order valence-corrected chi connectivity index (χ4v) is 2.67. The predicted molar refractivity (Wildman–Crippen MR) is 80.0 cm³/mol. The van der Waals surface area contributed by atoms with Gasteiger partial charge in [-0.15, -0.1) is 0 Å². The molecule has 1 atom stereocenters. The van der Waals surface area contributed by atoms with Crippen LogP contribution in [0.1, 0.15) is 23.7 Å². The van der Waals surface area contributed by atoms with E-state index in [1.54, 1.807) is 12.4 Å². The molecule has 21 heavy (non-hydrogen) atoms. The molecular formula is C16H19N3O2. The first-order valence-electron chi connectivity index (χ1n) is 7.25. The van der Waals surface area contributed by atoms with Crippen molar-refractivity contribution in [3.63, 3.8) is 0 Å². The van der Waals surface area contributed by atoms with Gasteiger partial charge in [-0.1, -0.05) is 18.2 Å². The Labute approximate surface area is 123 Å². The summed E-state index contributed by atoms with van der Waals surface area (Å²) in [5.41, 5.74) is 2.56. The largest absolute Gasteiger partial charge is 0.377 e. The van der Waals surface area contributed by atoms with E-state index in [2.05, 4.69) is 10.2 Å². The minimum atomic E-state index is 0.0594. The van der Waals surface area contributed by atoms with E-state index in [4.69, 9.17) is 4.74 Å². The number of H-pyrrole nitrogens is 1. The first kappa shape index (κ1) is 13.8. The number of aromatic nitrogens is 2. The normalized spacial score (nSPS) is 19.3. The summed E-state index contributed by atoms with van der Waals surface area (Å²) in [6.07, 6.45) is 4.50. The molecule has 110 valence electrons. The fraction of sp³-hybridized carbons (Fsp3) is 0.375. The lowest BCUT2D eigenvalue weighted by atomic mass is 10.0. The van der Waals surface area contributed by atoms with Gasteiger partial charge in [0.15, 0.2) is 0 Å². The van der Waals surface area contributed by atoms with Crippen LogP contribution in [-0.4, -0.2) is 46.8 Å². The van der Waals surface area contributed by atoms with Crippen molar-refractivity contribution in [2.24, 2.45) is 0 Å². The average Bonchev–Trinajstić information content (AvgIpc) is 2.95. The molecule has 2 aromatic rings. The lowest BCUT2D eigenvalue weighted by molar-refractivity contribution is 0.0563. The van der Waals surface area contributed by atoms with E-state index in [9.17, 15) is 4.79 Å². The third kappa shape index (κ3) is 2.97. The summed E-state index contributed by atoms with van der Waals surface area (Å²) >= 11 is 0. The summed E-state index contributed by atoms with van der Waals surface area (Å²) in [4.78, 5) is 14.7. The quantitative estimate of drug-likeness (QED) is 0.921. The molecule has 3 rings (SSSR count). The molecule has 2 heterocycles. The number of ether oxygens (including phenoxy) is 1. The Kier molecular flexibility index (Phi) is 4.01. The smallest absolute Gasteiger partial charge is 0.254 e. The van der Waals surface area contributed by atoms with Gasteiger partial charge in [-0.05, 0) is 25.0 Å². The minimum absolute atomic E-state index is 0.0594. The summed E-state index contributed by atoms with van der Waals surface area (Å²) in [5.74, 6) is 0.0594. The lowest BCUT2D eigenvalue weighted by Gasteiger charge is -2.23.